The third-order valence-electron chi connectivity index (χ3n) is 2.33. The van der Waals surface area contributed by atoms with Crippen LogP contribution in [-0.4, -0.2) is 61.5 Å². The highest BCUT2D eigenvalue weighted by Crippen LogP contribution is 2.15. The molecule has 0 spiro atoms. The molecule has 0 unspecified atom stereocenters. The topological polar surface area (TPSA) is 59.0 Å². The first kappa shape index (κ1) is 11.4. The van der Waals surface area contributed by atoms with Gasteiger partial charge in [-0.25, -0.2) is 0 Å². The van der Waals surface area contributed by atoms with Crippen molar-refractivity contribution in [3.63, 3.8) is 0 Å². The minimum absolute atomic E-state index is 0.00403. The average molecular weight is 203 g/mol. The summed E-state index contributed by atoms with van der Waals surface area (Å²) in [5.74, 6) is -0.808. The molecule has 1 saturated heterocycles. The van der Waals surface area contributed by atoms with E-state index in [4.69, 9.17) is 14.6 Å². The van der Waals surface area contributed by atoms with Crippen molar-refractivity contribution < 1.29 is 19.4 Å². The molecule has 1 fully saturated rings. The summed E-state index contributed by atoms with van der Waals surface area (Å²) in [5.41, 5.74) is 0. The largest absolute Gasteiger partial charge is 0.480 e. The van der Waals surface area contributed by atoms with E-state index in [0.717, 1.165) is 0 Å². The van der Waals surface area contributed by atoms with Gasteiger partial charge in [0, 0.05) is 26.8 Å². The number of nitrogens with zero attached hydrogens (tertiary/aromatic N) is 1. The van der Waals surface area contributed by atoms with Crippen LogP contribution in [0.15, 0.2) is 0 Å². The molecule has 2 atom stereocenters. The third-order valence-corrected chi connectivity index (χ3v) is 2.33. The van der Waals surface area contributed by atoms with Crippen molar-refractivity contribution in [1.29, 1.82) is 0 Å². The van der Waals surface area contributed by atoms with Crippen LogP contribution in [0.5, 0.6) is 0 Å². The second-order valence-corrected chi connectivity index (χ2v) is 3.36. The van der Waals surface area contributed by atoms with Gasteiger partial charge in [0.1, 0.15) is 0 Å². The molecule has 0 saturated carbocycles. The predicted octanol–water partition coefficient (Wildman–Crippen LogP) is -0.193. The van der Waals surface area contributed by atoms with Crippen molar-refractivity contribution in [3.05, 3.63) is 0 Å². The van der Waals surface area contributed by atoms with Crippen LogP contribution in [0.25, 0.3) is 0 Å². The van der Waals surface area contributed by atoms with Crippen LogP contribution in [0, 0.1) is 0 Å². The van der Waals surface area contributed by atoms with Gasteiger partial charge in [0.15, 0.2) is 0 Å². The number of rotatable bonds is 5. The van der Waals surface area contributed by atoms with Gasteiger partial charge in [-0.2, -0.15) is 0 Å². The quantitative estimate of drug-likeness (QED) is 0.671. The van der Waals surface area contributed by atoms with Crippen molar-refractivity contribution in [2.24, 2.45) is 0 Å². The molecule has 0 aromatic rings. The Kier molecular flexibility index (Phi) is 4.31. The van der Waals surface area contributed by atoms with Gasteiger partial charge in [-0.1, -0.05) is 0 Å². The maximum absolute atomic E-state index is 10.5. The van der Waals surface area contributed by atoms with E-state index < -0.39 is 5.97 Å². The molecule has 0 aromatic heterocycles. The molecule has 0 amide bonds. The molecule has 0 bridgehead atoms. The summed E-state index contributed by atoms with van der Waals surface area (Å²) in [4.78, 5) is 12.3. The Morgan fingerprint density at radius 3 is 2.64 bits per heavy atom. The first-order chi connectivity index (χ1) is 6.67. The monoisotopic (exact) mass is 203 g/mol. The fourth-order valence-corrected chi connectivity index (χ4v) is 1.74. The van der Waals surface area contributed by atoms with E-state index in [1.54, 1.807) is 7.11 Å². The lowest BCUT2D eigenvalue weighted by Crippen LogP contribution is -2.29. The SMILES string of the molecule is CCO[C@H]1CN(CC(=O)O)C[C@H]1OC. The first-order valence-corrected chi connectivity index (χ1v) is 4.76. The van der Waals surface area contributed by atoms with Crippen molar-refractivity contribution in [2.75, 3.05) is 33.4 Å². The van der Waals surface area contributed by atoms with Gasteiger partial charge in [-0.05, 0) is 6.92 Å². The molecule has 0 aromatic carbocycles. The number of hydrogen-bond acceptors (Lipinski definition) is 4. The standard InChI is InChI=1S/C9H17NO4/c1-3-14-8-5-10(6-9(11)12)4-7(8)13-2/h7-8H,3-6H2,1-2H3,(H,11,12)/t7-,8+/m1/s1. The molecule has 14 heavy (non-hydrogen) atoms. The molecule has 1 aliphatic heterocycles. The predicted molar refractivity (Wildman–Crippen MR) is 50.3 cm³/mol. The van der Waals surface area contributed by atoms with E-state index in [2.05, 4.69) is 0 Å². The molecular weight excluding hydrogens is 186 g/mol. The Bertz CT molecular complexity index is 197. The lowest BCUT2D eigenvalue weighted by Gasteiger charge is -2.15. The first-order valence-electron chi connectivity index (χ1n) is 4.76. The van der Waals surface area contributed by atoms with Crippen LogP contribution in [0.4, 0.5) is 0 Å². The zero-order valence-corrected chi connectivity index (χ0v) is 8.60. The summed E-state index contributed by atoms with van der Waals surface area (Å²) in [5, 5.41) is 8.63. The Hall–Kier alpha value is -0.650. The molecule has 0 aliphatic carbocycles. The summed E-state index contributed by atoms with van der Waals surface area (Å²) in [6.45, 7) is 3.88. The van der Waals surface area contributed by atoms with Crippen LogP contribution >= 0.6 is 0 Å². The van der Waals surface area contributed by atoms with Gasteiger partial charge in [-0.3, -0.25) is 9.69 Å². The van der Waals surface area contributed by atoms with Crippen LogP contribution < -0.4 is 0 Å². The Balaban J connectivity index is 2.43. The van der Waals surface area contributed by atoms with E-state index in [1.807, 2.05) is 11.8 Å². The zero-order valence-electron chi connectivity index (χ0n) is 8.60. The second kappa shape index (κ2) is 5.29. The smallest absolute Gasteiger partial charge is 0.317 e. The Morgan fingerprint density at radius 2 is 2.14 bits per heavy atom. The van der Waals surface area contributed by atoms with Crippen molar-refractivity contribution in [3.8, 4) is 0 Å². The van der Waals surface area contributed by atoms with Gasteiger partial charge in [-0.15, -0.1) is 0 Å². The Labute approximate surface area is 83.6 Å². The minimum Gasteiger partial charge on any atom is -0.480 e. The number of ether oxygens (including phenoxy) is 2. The van der Waals surface area contributed by atoms with Crippen LogP contribution in [0.3, 0.4) is 0 Å². The molecule has 1 N–H and O–H groups in total. The van der Waals surface area contributed by atoms with Gasteiger partial charge < -0.3 is 14.6 Å². The van der Waals surface area contributed by atoms with Gasteiger partial charge in [0.2, 0.25) is 0 Å². The molecule has 1 rings (SSSR count). The molecule has 1 heterocycles. The lowest BCUT2D eigenvalue weighted by molar-refractivity contribution is -0.138. The molecule has 5 heteroatoms. The third kappa shape index (κ3) is 2.94. The molecule has 5 nitrogen and oxygen atoms in total. The fourth-order valence-electron chi connectivity index (χ4n) is 1.74. The molecule has 1 aliphatic rings. The van der Waals surface area contributed by atoms with E-state index in [0.29, 0.717) is 19.7 Å². The zero-order chi connectivity index (χ0) is 10.6. The van der Waals surface area contributed by atoms with Crippen molar-refractivity contribution in [2.45, 2.75) is 19.1 Å². The lowest BCUT2D eigenvalue weighted by atomic mass is 10.2. The van der Waals surface area contributed by atoms with Gasteiger partial charge in [0.25, 0.3) is 0 Å². The average Bonchev–Trinajstić information content (AvgIpc) is 2.47. The Morgan fingerprint density at radius 1 is 1.50 bits per heavy atom. The number of hydrogen-bond donors (Lipinski definition) is 1. The van der Waals surface area contributed by atoms with Crippen LogP contribution in [-0.2, 0) is 14.3 Å². The van der Waals surface area contributed by atoms with Gasteiger partial charge >= 0.3 is 5.97 Å². The number of carboxylic acids is 1. The van der Waals surface area contributed by atoms with E-state index >= 15 is 0 Å². The second-order valence-electron chi connectivity index (χ2n) is 3.36. The summed E-state index contributed by atoms with van der Waals surface area (Å²) < 4.78 is 10.7. The highest BCUT2D eigenvalue weighted by atomic mass is 16.5. The number of carboxylic acid groups (broad SMARTS) is 1. The van der Waals surface area contributed by atoms with Crippen LogP contribution in [0.1, 0.15) is 6.92 Å². The summed E-state index contributed by atoms with van der Waals surface area (Å²) in [7, 11) is 1.63. The van der Waals surface area contributed by atoms with E-state index in [-0.39, 0.29) is 18.8 Å². The fraction of sp³-hybridized carbons (Fsp3) is 0.889. The van der Waals surface area contributed by atoms with Crippen LogP contribution in [0.2, 0.25) is 0 Å². The van der Waals surface area contributed by atoms with E-state index in [9.17, 15) is 4.79 Å². The van der Waals surface area contributed by atoms with Crippen molar-refractivity contribution >= 4 is 5.97 Å². The van der Waals surface area contributed by atoms with Gasteiger partial charge in [0.05, 0.1) is 18.8 Å². The summed E-state index contributed by atoms with van der Waals surface area (Å²) in [6.07, 6.45) is -0.00125. The number of methoxy groups -OCH3 is 1. The number of likely N-dealkylation sites (tertiary alicyclic amines) is 1. The van der Waals surface area contributed by atoms with Crippen molar-refractivity contribution in [1.82, 2.24) is 4.90 Å². The highest BCUT2D eigenvalue weighted by Gasteiger charge is 2.33. The molecular formula is C9H17NO4. The van der Waals surface area contributed by atoms with E-state index in [1.165, 1.54) is 0 Å². The number of carbonyl (C=O) groups is 1. The summed E-state index contributed by atoms with van der Waals surface area (Å²) in [6, 6.07) is 0. The maximum atomic E-state index is 10.5. The highest BCUT2D eigenvalue weighted by molar-refractivity contribution is 5.69. The maximum Gasteiger partial charge on any atom is 0.317 e. The number of aliphatic carboxylic acids is 1. The minimum atomic E-state index is -0.808. The molecule has 82 valence electrons. The molecule has 0 radical (unpaired) electrons. The normalized spacial score (nSPS) is 28.1. The summed E-state index contributed by atoms with van der Waals surface area (Å²) >= 11 is 0.